The Bertz CT molecular complexity index is 918. The van der Waals surface area contributed by atoms with Crippen LogP contribution in [0.4, 0.5) is 0 Å². The summed E-state index contributed by atoms with van der Waals surface area (Å²) in [5.74, 6) is 1.72. The first-order valence-electron chi connectivity index (χ1n) is 8.13. The van der Waals surface area contributed by atoms with Crippen LogP contribution in [0.2, 0.25) is 0 Å². The average molecular weight is 320 g/mol. The summed E-state index contributed by atoms with van der Waals surface area (Å²) in [6, 6.07) is 8.11. The molecule has 0 amide bonds. The van der Waals surface area contributed by atoms with E-state index in [2.05, 4.69) is 48.2 Å². The van der Waals surface area contributed by atoms with Gasteiger partial charge in [-0.25, -0.2) is 9.50 Å². The highest BCUT2D eigenvalue weighted by molar-refractivity contribution is 6.04. The Morgan fingerprint density at radius 2 is 1.88 bits per heavy atom. The lowest BCUT2D eigenvalue weighted by molar-refractivity contribution is 0.545. The Kier molecular flexibility index (Phi) is 3.33. The molecule has 0 aromatic carbocycles. The summed E-state index contributed by atoms with van der Waals surface area (Å²) in [5, 5.41) is 8.13. The number of nitrogens with zero attached hydrogens (tertiary/aromatic N) is 5. The van der Waals surface area contributed by atoms with Gasteiger partial charge < -0.3 is 5.32 Å². The largest absolute Gasteiger partial charge is 0.368 e. The fourth-order valence-electron chi connectivity index (χ4n) is 2.78. The lowest BCUT2D eigenvalue weighted by atomic mass is 9.96. The highest BCUT2D eigenvalue weighted by Gasteiger charge is 2.23. The maximum Gasteiger partial charge on any atom is 0.167 e. The molecule has 6 heteroatoms. The first kappa shape index (κ1) is 14.8. The van der Waals surface area contributed by atoms with E-state index in [-0.39, 0.29) is 5.41 Å². The third-order valence-electron chi connectivity index (χ3n) is 4.06. The molecular formula is C18H20N6. The van der Waals surface area contributed by atoms with Crippen molar-refractivity contribution in [3.63, 3.8) is 0 Å². The van der Waals surface area contributed by atoms with E-state index < -0.39 is 0 Å². The molecule has 0 spiro atoms. The standard InChI is InChI=1S/C18H20N6/c1-18(2,3)17-22-16-13(15-20-10-11-21-15)4-5-14(24(16)23-17)12-6-8-19-9-7-12/h4-9H,10-11H2,1-3H3,(H,20,21). The number of aromatic nitrogens is 4. The van der Waals surface area contributed by atoms with Crippen molar-refractivity contribution in [1.82, 2.24) is 24.9 Å². The summed E-state index contributed by atoms with van der Waals surface area (Å²) >= 11 is 0. The van der Waals surface area contributed by atoms with E-state index in [0.29, 0.717) is 0 Å². The maximum absolute atomic E-state index is 4.83. The van der Waals surface area contributed by atoms with Crippen molar-refractivity contribution in [2.24, 2.45) is 4.99 Å². The number of amidine groups is 1. The Labute approximate surface area is 140 Å². The van der Waals surface area contributed by atoms with Crippen LogP contribution < -0.4 is 5.32 Å². The second kappa shape index (κ2) is 5.40. The second-order valence-electron chi connectivity index (χ2n) is 6.95. The number of pyridine rings is 2. The molecule has 1 N–H and O–H groups in total. The topological polar surface area (TPSA) is 67.5 Å². The van der Waals surface area contributed by atoms with Gasteiger partial charge in [-0.15, -0.1) is 0 Å². The summed E-state index contributed by atoms with van der Waals surface area (Å²) in [6.45, 7) is 8.04. The molecule has 0 atom stereocenters. The summed E-state index contributed by atoms with van der Waals surface area (Å²) in [6.07, 6.45) is 3.58. The zero-order chi connectivity index (χ0) is 16.7. The highest BCUT2D eigenvalue weighted by atomic mass is 15.3. The molecule has 122 valence electrons. The van der Waals surface area contributed by atoms with Crippen molar-refractivity contribution in [3.8, 4) is 11.3 Å². The van der Waals surface area contributed by atoms with Crippen LogP contribution in [0.25, 0.3) is 16.9 Å². The molecule has 0 saturated heterocycles. The summed E-state index contributed by atoms with van der Waals surface area (Å²) in [5.41, 5.74) is 3.77. The molecule has 4 heterocycles. The Balaban J connectivity index is 1.99. The van der Waals surface area contributed by atoms with Crippen molar-refractivity contribution in [3.05, 3.63) is 48.0 Å². The Hall–Kier alpha value is -2.76. The van der Waals surface area contributed by atoms with Gasteiger partial charge in [0, 0.05) is 29.9 Å². The highest BCUT2D eigenvalue weighted by Crippen LogP contribution is 2.26. The minimum absolute atomic E-state index is 0.121. The van der Waals surface area contributed by atoms with Crippen molar-refractivity contribution < 1.29 is 0 Å². The van der Waals surface area contributed by atoms with Crippen LogP contribution >= 0.6 is 0 Å². The van der Waals surface area contributed by atoms with Gasteiger partial charge in [-0.2, -0.15) is 5.10 Å². The molecular weight excluding hydrogens is 300 g/mol. The summed E-state index contributed by atoms with van der Waals surface area (Å²) in [7, 11) is 0. The number of aliphatic imine (C=N–C) groups is 1. The molecule has 0 bridgehead atoms. The molecule has 4 rings (SSSR count). The Morgan fingerprint density at radius 3 is 2.54 bits per heavy atom. The van der Waals surface area contributed by atoms with E-state index in [1.54, 1.807) is 12.4 Å². The van der Waals surface area contributed by atoms with Crippen LogP contribution in [0.15, 0.2) is 41.7 Å². The zero-order valence-electron chi connectivity index (χ0n) is 14.1. The lowest BCUT2D eigenvalue weighted by Crippen LogP contribution is -2.20. The number of fused-ring (bicyclic) bond motifs is 1. The maximum atomic E-state index is 4.83. The zero-order valence-corrected chi connectivity index (χ0v) is 14.1. The second-order valence-corrected chi connectivity index (χ2v) is 6.95. The lowest BCUT2D eigenvalue weighted by Gasteiger charge is -2.11. The van der Waals surface area contributed by atoms with Crippen LogP contribution in [0.1, 0.15) is 32.2 Å². The fraction of sp³-hybridized carbons (Fsp3) is 0.333. The first-order chi connectivity index (χ1) is 11.5. The molecule has 0 saturated carbocycles. The molecule has 0 aliphatic carbocycles. The summed E-state index contributed by atoms with van der Waals surface area (Å²) in [4.78, 5) is 13.5. The van der Waals surface area contributed by atoms with Crippen molar-refractivity contribution in [1.29, 1.82) is 0 Å². The monoisotopic (exact) mass is 320 g/mol. The van der Waals surface area contributed by atoms with Gasteiger partial charge in [0.1, 0.15) is 5.84 Å². The fourth-order valence-corrected chi connectivity index (χ4v) is 2.78. The van der Waals surface area contributed by atoms with Crippen molar-refractivity contribution in [2.45, 2.75) is 26.2 Å². The number of nitrogens with one attached hydrogen (secondary N) is 1. The van der Waals surface area contributed by atoms with Crippen molar-refractivity contribution in [2.75, 3.05) is 13.1 Å². The molecule has 24 heavy (non-hydrogen) atoms. The third kappa shape index (κ3) is 2.44. The van der Waals surface area contributed by atoms with Crippen LogP contribution in [-0.4, -0.2) is 38.5 Å². The third-order valence-corrected chi connectivity index (χ3v) is 4.06. The summed E-state index contributed by atoms with van der Waals surface area (Å²) < 4.78 is 1.92. The minimum atomic E-state index is -0.121. The van der Waals surface area contributed by atoms with Gasteiger partial charge in [0.05, 0.1) is 17.8 Å². The normalized spacial score (nSPS) is 14.7. The molecule has 3 aromatic heterocycles. The average Bonchev–Trinajstić information content (AvgIpc) is 3.24. The molecule has 0 radical (unpaired) electrons. The molecule has 1 aliphatic rings. The van der Waals surface area contributed by atoms with Gasteiger partial charge >= 0.3 is 0 Å². The number of hydrogen-bond donors (Lipinski definition) is 1. The molecule has 0 fully saturated rings. The smallest absolute Gasteiger partial charge is 0.167 e. The number of hydrogen-bond acceptors (Lipinski definition) is 5. The van der Waals surface area contributed by atoms with E-state index in [1.807, 2.05) is 16.6 Å². The van der Waals surface area contributed by atoms with Gasteiger partial charge in [-0.1, -0.05) is 20.8 Å². The quantitative estimate of drug-likeness (QED) is 0.787. The van der Waals surface area contributed by atoms with E-state index in [1.165, 1.54) is 0 Å². The predicted octanol–water partition coefficient (Wildman–Crippen LogP) is 2.44. The minimum Gasteiger partial charge on any atom is -0.368 e. The predicted molar refractivity (Wildman–Crippen MR) is 94.3 cm³/mol. The Morgan fingerprint density at radius 1 is 1.08 bits per heavy atom. The molecule has 6 nitrogen and oxygen atoms in total. The van der Waals surface area contributed by atoms with E-state index in [4.69, 9.17) is 10.1 Å². The van der Waals surface area contributed by atoms with Crippen LogP contribution in [0.5, 0.6) is 0 Å². The van der Waals surface area contributed by atoms with Gasteiger partial charge in [0.2, 0.25) is 0 Å². The van der Waals surface area contributed by atoms with Crippen LogP contribution in [0, 0.1) is 0 Å². The molecule has 3 aromatic rings. The van der Waals surface area contributed by atoms with Gasteiger partial charge in [-0.3, -0.25) is 9.98 Å². The SMILES string of the molecule is CC(C)(C)c1nc2c(C3=NCCN3)ccc(-c3ccncc3)n2n1. The van der Waals surface area contributed by atoms with E-state index >= 15 is 0 Å². The van der Waals surface area contributed by atoms with Crippen molar-refractivity contribution >= 4 is 11.5 Å². The van der Waals surface area contributed by atoms with Crippen LogP contribution in [0.3, 0.4) is 0 Å². The van der Waals surface area contributed by atoms with E-state index in [0.717, 1.165) is 47.2 Å². The van der Waals surface area contributed by atoms with Gasteiger partial charge in [0.25, 0.3) is 0 Å². The number of rotatable bonds is 2. The van der Waals surface area contributed by atoms with Gasteiger partial charge in [0.15, 0.2) is 11.5 Å². The first-order valence-corrected chi connectivity index (χ1v) is 8.13. The van der Waals surface area contributed by atoms with Gasteiger partial charge in [-0.05, 0) is 24.3 Å². The molecule has 0 unspecified atom stereocenters. The van der Waals surface area contributed by atoms with E-state index in [9.17, 15) is 0 Å². The molecule has 1 aliphatic heterocycles. The van der Waals surface area contributed by atoms with Crippen LogP contribution in [-0.2, 0) is 5.41 Å².